The average Bonchev–Trinajstić information content (AvgIpc) is 2.84. The van der Waals surface area contributed by atoms with Crippen LogP contribution in [0.25, 0.3) is 0 Å². The second-order valence-corrected chi connectivity index (χ2v) is 5.99. The third-order valence-electron chi connectivity index (χ3n) is 2.41. The first kappa shape index (κ1) is 25.7. The van der Waals surface area contributed by atoms with E-state index in [2.05, 4.69) is 0 Å². The zero-order valence-corrected chi connectivity index (χ0v) is 14.7. The van der Waals surface area contributed by atoms with Crippen LogP contribution in [0.4, 0.5) is 18.0 Å². The predicted octanol–water partition coefficient (Wildman–Crippen LogP) is 2.19. The summed E-state index contributed by atoms with van der Waals surface area (Å²) in [5.74, 6) is -4.55. The molecule has 0 bridgehead atoms. The minimum atomic E-state index is -5.08. The molecule has 0 unspecified atom stereocenters. The van der Waals surface area contributed by atoms with Gasteiger partial charge in [-0.3, -0.25) is 9.69 Å². The van der Waals surface area contributed by atoms with Crippen molar-refractivity contribution in [3.05, 3.63) is 0 Å². The molecule has 1 saturated heterocycles. The van der Waals surface area contributed by atoms with Crippen molar-refractivity contribution in [3.63, 3.8) is 0 Å². The Kier molecular flexibility index (Phi) is 10.3. The normalized spacial score (nSPS) is 16.4. The number of rotatable bonds is 1. The van der Waals surface area contributed by atoms with Gasteiger partial charge in [0, 0.05) is 13.5 Å². The molecule has 1 amide bonds. The van der Waals surface area contributed by atoms with Crippen LogP contribution in [0.15, 0.2) is 0 Å². The summed E-state index contributed by atoms with van der Waals surface area (Å²) < 4.78 is 36.9. The number of carbonyl (C=O) groups excluding carboxylic acids is 1. The Hall–Kier alpha value is -2.53. The number of carboxylic acids is 3. The molecule has 0 aliphatic carbocycles. The SMILES string of the molecule is CC(=O)O.CC(C)(C)OC(=O)N1CCC[C@H]1C(=O)O.O=C(O)C(F)(F)F. The van der Waals surface area contributed by atoms with Crippen molar-refractivity contribution in [2.24, 2.45) is 0 Å². The van der Waals surface area contributed by atoms with E-state index in [0.29, 0.717) is 13.0 Å². The molecule has 26 heavy (non-hydrogen) atoms. The van der Waals surface area contributed by atoms with E-state index in [4.69, 9.17) is 29.6 Å². The highest BCUT2D eigenvalue weighted by atomic mass is 19.4. The number of ether oxygens (including phenoxy) is 1. The number of amides is 1. The molecule has 3 N–H and O–H groups in total. The Labute approximate surface area is 147 Å². The molecule has 1 rings (SSSR count). The molecule has 152 valence electrons. The van der Waals surface area contributed by atoms with Crippen molar-refractivity contribution in [1.29, 1.82) is 0 Å². The van der Waals surface area contributed by atoms with Gasteiger partial charge in [0.25, 0.3) is 5.97 Å². The van der Waals surface area contributed by atoms with Gasteiger partial charge in [-0.25, -0.2) is 14.4 Å². The van der Waals surface area contributed by atoms with Gasteiger partial charge < -0.3 is 20.1 Å². The number of alkyl halides is 3. The number of aliphatic carboxylic acids is 3. The first-order valence-electron chi connectivity index (χ1n) is 7.21. The zero-order chi connectivity index (χ0) is 21.3. The fourth-order valence-corrected chi connectivity index (χ4v) is 1.56. The van der Waals surface area contributed by atoms with Crippen molar-refractivity contribution in [2.75, 3.05) is 6.54 Å². The second kappa shape index (κ2) is 10.5. The average molecular weight is 389 g/mol. The van der Waals surface area contributed by atoms with Gasteiger partial charge >= 0.3 is 24.2 Å². The van der Waals surface area contributed by atoms with E-state index in [0.717, 1.165) is 13.3 Å². The number of nitrogens with zero attached hydrogens (tertiary/aromatic N) is 1. The molecule has 0 aromatic heterocycles. The highest BCUT2D eigenvalue weighted by Gasteiger charge is 2.38. The summed E-state index contributed by atoms with van der Waals surface area (Å²) in [5.41, 5.74) is -0.581. The number of carbonyl (C=O) groups is 4. The van der Waals surface area contributed by atoms with E-state index in [1.807, 2.05) is 0 Å². The Morgan fingerprint density at radius 1 is 1.04 bits per heavy atom. The first-order chi connectivity index (χ1) is 11.5. The van der Waals surface area contributed by atoms with Crippen LogP contribution in [0.5, 0.6) is 0 Å². The third-order valence-corrected chi connectivity index (χ3v) is 2.41. The van der Waals surface area contributed by atoms with Gasteiger partial charge in [0.1, 0.15) is 11.6 Å². The monoisotopic (exact) mass is 389 g/mol. The third kappa shape index (κ3) is 12.8. The summed E-state index contributed by atoms with van der Waals surface area (Å²) in [6, 6.07) is -0.722. The lowest BCUT2D eigenvalue weighted by Crippen LogP contribution is -2.43. The molecule has 1 aliphatic heterocycles. The largest absolute Gasteiger partial charge is 0.490 e. The number of carboxylic acid groups (broad SMARTS) is 3. The van der Waals surface area contributed by atoms with Crippen LogP contribution in [0, 0.1) is 0 Å². The molecule has 0 saturated carbocycles. The molecule has 1 heterocycles. The van der Waals surface area contributed by atoms with Gasteiger partial charge in [0.05, 0.1) is 0 Å². The maximum Gasteiger partial charge on any atom is 0.490 e. The van der Waals surface area contributed by atoms with Crippen LogP contribution in [0.2, 0.25) is 0 Å². The zero-order valence-electron chi connectivity index (χ0n) is 14.7. The van der Waals surface area contributed by atoms with E-state index in [1.165, 1.54) is 4.90 Å². The molecule has 0 radical (unpaired) electrons. The molecule has 1 atom stereocenters. The van der Waals surface area contributed by atoms with Gasteiger partial charge in [0.15, 0.2) is 0 Å². The van der Waals surface area contributed by atoms with Gasteiger partial charge in [-0.05, 0) is 33.6 Å². The quantitative estimate of drug-likeness (QED) is 0.620. The summed E-state index contributed by atoms with van der Waals surface area (Å²) in [5, 5.41) is 23.4. The molecule has 9 nitrogen and oxygen atoms in total. The molecular weight excluding hydrogens is 367 g/mol. The second-order valence-electron chi connectivity index (χ2n) is 5.99. The van der Waals surface area contributed by atoms with E-state index < -0.39 is 41.8 Å². The number of hydrogen-bond donors (Lipinski definition) is 3. The van der Waals surface area contributed by atoms with Gasteiger partial charge in [-0.15, -0.1) is 0 Å². The fourth-order valence-electron chi connectivity index (χ4n) is 1.56. The number of likely N-dealkylation sites (tertiary alicyclic amines) is 1. The number of halogens is 3. The van der Waals surface area contributed by atoms with Crippen molar-refractivity contribution in [2.45, 2.75) is 58.4 Å². The van der Waals surface area contributed by atoms with Crippen LogP contribution in [0.1, 0.15) is 40.5 Å². The lowest BCUT2D eigenvalue weighted by atomic mass is 10.2. The molecular formula is C14H22F3NO8. The fraction of sp³-hybridized carbons (Fsp3) is 0.714. The smallest absolute Gasteiger partial charge is 0.481 e. The van der Waals surface area contributed by atoms with Crippen molar-refractivity contribution in [1.82, 2.24) is 4.90 Å². The maximum absolute atomic E-state index is 11.6. The molecule has 0 aromatic carbocycles. The summed E-state index contributed by atoms with van der Waals surface area (Å²) in [4.78, 5) is 41.6. The lowest BCUT2D eigenvalue weighted by molar-refractivity contribution is -0.192. The Morgan fingerprint density at radius 2 is 1.42 bits per heavy atom. The van der Waals surface area contributed by atoms with Crippen LogP contribution in [-0.4, -0.2) is 68.6 Å². The van der Waals surface area contributed by atoms with E-state index in [-0.39, 0.29) is 0 Å². The first-order valence-corrected chi connectivity index (χ1v) is 7.21. The Balaban J connectivity index is 0. The van der Waals surface area contributed by atoms with Crippen LogP contribution < -0.4 is 0 Å². The highest BCUT2D eigenvalue weighted by Crippen LogP contribution is 2.20. The molecule has 0 aromatic rings. The predicted molar refractivity (Wildman–Crippen MR) is 80.6 cm³/mol. The van der Waals surface area contributed by atoms with Gasteiger partial charge in [-0.2, -0.15) is 13.2 Å². The maximum atomic E-state index is 11.6. The van der Waals surface area contributed by atoms with Crippen molar-refractivity contribution in [3.8, 4) is 0 Å². The number of hydrogen-bond acceptors (Lipinski definition) is 5. The van der Waals surface area contributed by atoms with Crippen LogP contribution in [-0.2, 0) is 19.1 Å². The Morgan fingerprint density at radius 3 is 1.69 bits per heavy atom. The summed E-state index contributed by atoms with van der Waals surface area (Å²) >= 11 is 0. The van der Waals surface area contributed by atoms with Gasteiger partial charge in [-0.1, -0.05) is 0 Å². The van der Waals surface area contributed by atoms with E-state index in [1.54, 1.807) is 20.8 Å². The van der Waals surface area contributed by atoms with E-state index >= 15 is 0 Å². The summed E-state index contributed by atoms with van der Waals surface area (Å²) in [6.07, 6.45) is -4.39. The van der Waals surface area contributed by atoms with Gasteiger partial charge in [0.2, 0.25) is 0 Å². The van der Waals surface area contributed by atoms with Crippen LogP contribution >= 0.6 is 0 Å². The highest BCUT2D eigenvalue weighted by molar-refractivity contribution is 5.80. The molecule has 0 spiro atoms. The van der Waals surface area contributed by atoms with Crippen molar-refractivity contribution < 1.29 is 52.4 Å². The van der Waals surface area contributed by atoms with Crippen molar-refractivity contribution >= 4 is 24.0 Å². The Bertz CT molecular complexity index is 509. The molecule has 1 fully saturated rings. The van der Waals surface area contributed by atoms with Crippen LogP contribution in [0.3, 0.4) is 0 Å². The minimum absolute atomic E-state index is 0.464. The summed E-state index contributed by atoms with van der Waals surface area (Å²) in [7, 11) is 0. The lowest BCUT2D eigenvalue weighted by Gasteiger charge is -2.26. The molecule has 1 aliphatic rings. The summed E-state index contributed by atoms with van der Waals surface area (Å²) in [6.45, 7) is 6.83. The van der Waals surface area contributed by atoms with E-state index in [9.17, 15) is 22.8 Å². The standard InChI is InChI=1S/C10H17NO4.C2HF3O2.C2H4O2/c1-10(2,3)15-9(14)11-6-4-5-7(11)8(12)13;3-2(4,5)1(6)7;1-2(3)4/h7H,4-6H2,1-3H3,(H,12,13);(H,6,7);1H3,(H,3,4)/t7-;;/m0../s1. The minimum Gasteiger partial charge on any atom is -0.481 e. The topological polar surface area (TPSA) is 141 Å². The molecule has 12 heteroatoms.